The highest BCUT2D eigenvalue weighted by Crippen LogP contribution is 2.17. The molecule has 2 N–H and O–H groups in total. The van der Waals surface area contributed by atoms with Crippen LogP contribution >= 0.6 is 0 Å². The molecule has 1 aromatic carbocycles. The van der Waals surface area contributed by atoms with Gasteiger partial charge in [0.25, 0.3) is 0 Å². The molecule has 0 heterocycles. The Balaban J connectivity index is 3.09. The third-order valence-corrected chi connectivity index (χ3v) is 4.53. The highest BCUT2D eigenvalue weighted by Gasteiger charge is 2.28. The van der Waals surface area contributed by atoms with E-state index in [9.17, 15) is 18.0 Å². The van der Waals surface area contributed by atoms with Gasteiger partial charge >= 0.3 is 11.9 Å². The molecule has 0 unspecified atom stereocenters. The zero-order valence-corrected chi connectivity index (χ0v) is 12.3. The molecule has 116 valence electrons. The third-order valence-electron chi connectivity index (χ3n) is 2.72. The third kappa shape index (κ3) is 4.83. The Labute approximate surface area is 122 Å². The fraction of sp³-hybridized carbons (Fsp3) is 0.385. The molecule has 0 aliphatic carbocycles. The summed E-state index contributed by atoms with van der Waals surface area (Å²) in [5, 5.41) is 17.4. The fourth-order valence-electron chi connectivity index (χ4n) is 1.79. The van der Waals surface area contributed by atoms with Crippen molar-refractivity contribution in [3.63, 3.8) is 0 Å². The van der Waals surface area contributed by atoms with Crippen molar-refractivity contribution in [3.05, 3.63) is 29.8 Å². The minimum Gasteiger partial charge on any atom is -0.480 e. The molecular weight excluding hydrogens is 298 g/mol. The maximum absolute atomic E-state index is 12.3. The Morgan fingerprint density at radius 2 is 1.52 bits per heavy atom. The molecule has 0 aromatic heterocycles. The van der Waals surface area contributed by atoms with Crippen molar-refractivity contribution in [2.24, 2.45) is 0 Å². The van der Waals surface area contributed by atoms with Gasteiger partial charge in [0.2, 0.25) is 10.0 Å². The quantitative estimate of drug-likeness (QED) is 0.734. The topological polar surface area (TPSA) is 112 Å². The number of aliphatic carboxylic acids is 2. The minimum atomic E-state index is -4.15. The van der Waals surface area contributed by atoms with Gasteiger partial charge in [0.1, 0.15) is 13.1 Å². The summed E-state index contributed by atoms with van der Waals surface area (Å²) in [5.74, 6) is -2.83. The first kappa shape index (κ1) is 17.1. The molecule has 0 amide bonds. The van der Waals surface area contributed by atoms with Crippen molar-refractivity contribution >= 4 is 22.0 Å². The molecular formula is C13H17NO6S. The van der Waals surface area contributed by atoms with E-state index in [0.29, 0.717) is 4.31 Å². The van der Waals surface area contributed by atoms with Gasteiger partial charge in [-0.15, -0.1) is 0 Å². The standard InChI is InChI=1S/C13H17NO6S/c1-2-3-10-4-6-11(7-5-10)21(19,20)14(8-12(15)16)9-13(17)18/h4-7H,2-3,8-9H2,1H3,(H,15,16)(H,17,18). The highest BCUT2D eigenvalue weighted by molar-refractivity contribution is 7.89. The number of carboxylic acids is 2. The van der Waals surface area contributed by atoms with Gasteiger partial charge in [0.15, 0.2) is 0 Å². The maximum atomic E-state index is 12.3. The first-order valence-electron chi connectivity index (χ1n) is 6.30. The maximum Gasteiger partial charge on any atom is 0.318 e. The molecule has 0 radical (unpaired) electrons. The Bertz CT molecular complexity index is 592. The van der Waals surface area contributed by atoms with Gasteiger partial charge in [-0.2, -0.15) is 4.31 Å². The number of aryl methyl sites for hydroxylation is 1. The molecule has 1 rings (SSSR count). The molecule has 21 heavy (non-hydrogen) atoms. The van der Waals surface area contributed by atoms with E-state index >= 15 is 0 Å². The highest BCUT2D eigenvalue weighted by atomic mass is 32.2. The van der Waals surface area contributed by atoms with E-state index in [2.05, 4.69) is 0 Å². The predicted octanol–water partition coefficient (Wildman–Crippen LogP) is 0.799. The van der Waals surface area contributed by atoms with Crippen LogP contribution in [0.3, 0.4) is 0 Å². The SMILES string of the molecule is CCCc1ccc(S(=O)(=O)N(CC(=O)O)CC(=O)O)cc1. The number of hydrogen-bond donors (Lipinski definition) is 2. The van der Waals surface area contributed by atoms with Crippen LogP contribution in [-0.4, -0.2) is 48.0 Å². The summed E-state index contributed by atoms with van der Waals surface area (Å²) in [6, 6.07) is 5.99. The molecule has 0 fully saturated rings. The van der Waals surface area contributed by atoms with Crippen molar-refractivity contribution < 1.29 is 28.2 Å². The van der Waals surface area contributed by atoms with Gasteiger partial charge in [-0.3, -0.25) is 9.59 Å². The lowest BCUT2D eigenvalue weighted by Gasteiger charge is -2.18. The number of nitrogens with zero attached hydrogens (tertiary/aromatic N) is 1. The van der Waals surface area contributed by atoms with Crippen LogP contribution in [0.25, 0.3) is 0 Å². The Morgan fingerprint density at radius 3 is 1.90 bits per heavy atom. The predicted molar refractivity (Wildman–Crippen MR) is 74.5 cm³/mol. The molecule has 0 atom stereocenters. The summed E-state index contributed by atoms with van der Waals surface area (Å²) in [6.45, 7) is 0.197. The molecule has 0 aliphatic heterocycles. The Hall–Kier alpha value is -1.93. The van der Waals surface area contributed by atoms with Gasteiger partial charge in [0.05, 0.1) is 4.90 Å². The average Bonchev–Trinajstić information content (AvgIpc) is 2.38. The zero-order valence-electron chi connectivity index (χ0n) is 11.5. The first-order valence-corrected chi connectivity index (χ1v) is 7.74. The normalized spacial score (nSPS) is 11.5. The van der Waals surface area contributed by atoms with Gasteiger partial charge in [-0.1, -0.05) is 25.5 Å². The largest absolute Gasteiger partial charge is 0.480 e. The van der Waals surface area contributed by atoms with Crippen LogP contribution in [0.4, 0.5) is 0 Å². The second kappa shape index (κ2) is 7.19. The Kier molecular flexibility index (Phi) is 5.86. The summed E-state index contributed by atoms with van der Waals surface area (Å²) in [7, 11) is -4.15. The molecule has 7 nitrogen and oxygen atoms in total. The minimum absolute atomic E-state index is 0.121. The molecule has 0 aliphatic rings. The van der Waals surface area contributed by atoms with Gasteiger partial charge in [-0.05, 0) is 24.1 Å². The van der Waals surface area contributed by atoms with E-state index < -0.39 is 35.1 Å². The van der Waals surface area contributed by atoms with E-state index in [1.807, 2.05) is 6.92 Å². The first-order chi connectivity index (χ1) is 9.77. The molecule has 0 bridgehead atoms. The van der Waals surface area contributed by atoms with Crippen LogP contribution in [0.15, 0.2) is 29.2 Å². The molecule has 0 saturated heterocycles. The molecule has 0 spiro atoms. The molecule has 8 heteroatoms. The van der Waals surface area contributed by atoms with Gasteiger partial charge in [0, 0.05) is 0 Å². The monoisotopic (exact) mass is 315 g/mol. The summed E-state index contributed by atoms with van der Waals surface area (Å²) in [4.78, 5) is 21.3. The molecule has 1 aromatic rings. The number of rotatable bonds is 8. The number of carbonyl (C=O) groups is 2. The van der Waals surface area contributed by atoms with Crippen LogP contribution in [0.2, 0.25) is 0 Å². The smallest absolute Gasteiger partial charge is 0.318 e. The van der Waals surface area contributed by atoms with Crippen molar-refractivity contribution in [2.75, 3.05) is 13.1 Å². The van der Waals surface area contributed by atoms with E-state index in [0.717, 1.165) is 18.4 Å². The van der Waals surface area contributed by atoms with Crippen molar-refractivity contribution in [3.8, 4) is 0 Å². The second-order valence-corrected chi connectivity index (χ2v) is 6.39. The fourth-order valence-corrected chi connectivity index (χ4v) is 3.13. The van der Waals surface area contributed by atoms with Crippen LogP contribution in [0.5, 0.6) is 0 Å². The summed E-state index contributed by atoms with van der Waals surface area (Å²) in [6.07, 6.45) is 1.71. The van der Waals surface area contributed by atoms with E-state index in [1.54, 1.807) is 12.1 Å². The van der Waals surface area contributed by atoms with E-state index in [-0.39, 0.29) is 4.90 Å². The van der Waals surface area contributed by atoms with E-state index in [1.165, 1.54) is 12.1 Å². The number of sulfonamides is 1. The summed E-state index contributed by atoms with van der Waals surface area (Å²) < 4.78 is 25.0. The second-order valence-electron chi connectivity index (χ2n) is 4.45. The van der Waals surface area contributed by atoms with Crippen LogP contribution in [0, 0.1) is 0 Å². The Morgan fingerprint density at radius 1 is 1.05 bits per heavy atom. The van der Waals surface area contributed by atoms with Crippen molar-refractivity contribution in [2.45, 2.75) is 24.7 Å². The molecule has 0 saturated carbocycles. The van der Waals surface area contributed by atoms with Crippen LogP contribution in [0.1, 0.15) is 18.9 Å². The van der Waals surface area contributed by atoms with Crippen molar-refractivity contribution in [1.82, 2.24) is 4.31 Å². The number of hydrogen-bond acceptors (Lipinski definition) is 4. The van der Waals surface area contributed by atoms with Gasteiger partial charge in [-0.25, -0.2) is 8.42 Å². The van der Waals surface area contributed by atoms with Crippen LogP contribution in [-0.2, 0) is 26.0 Å². The van der Waals surface area contributed by atoms with Gasteiger partial charge < -0.3 is 10.2 Å². The zero-order chi connectivity index (χ0) is 16.0. The number of carboxylic acid groups (broad SMARTS) is 2. The van der Waals surface area contributed by atoms with Crippen molar-refractivity contribution in [1.29, 1.82) is 0 Å². The lowest BCUT2D eigenvalue weighted by atomic mass is 10.1. The lowest BCUT2D eigenvalue weighted by Crippen LogP contribution is -2.39. The van der Waals surface area contributed by atoms with Crippen LogP contribution < -0.4 is 0 Å². The van der Waals surface area contributed by atoms with E-state index in [4.69, 9.17) is 10.2 Å². The summed E-state index contributed by atoms with van der Waals surface area (Å²) >= 11 is 0. The number of benzene rings is 1. The summed E-state index contributed by atoms with van der Waals surface area (Å²) in [5.41, 5.74) is 0.958. The lowest BCUT2D eigenvalue weighted by molar-refractivity contribution is -0.139. The average molecular weight is 315 g/mol.